The van der Waals surface area contributed by atoms with Gasteiger partial charge in [-0.1, -0.05) is 77.6 Å². The number of aromatic nitrogens is 1. The molecule has 2 aromatic rings. The highest BCUT2D eigenvalue weighted by Crippen LogP contribution is 2.43. The quantitative estimate of drug-likeness (QED) is 0.305. The molecule has 0 N–H and O–H groups in total. The van der Waals surface area contributed by atoms with Crippen LogP contribution in [0.1, 0.15) is 63.3 Å². The van der Waals surface area contributed by atoms with E-state index in [2.05, 4.69) is 89.6 Å². The third-order valence-electron chi connectivity index (χ3n) is 7.23. The molecule has 2 heteroatoms. The van der Waals surface area contributed by atoms with Crippen LogP contribution in [0.15, 0.2) is 53.6 Å². The first-order valence-corrected chi connectivity index (χ1v) is 12.2. The summed E-state index contributed by atoms with van der Waals surface area (Å²) in [5, 5.41) is 1.42. The molecule has 3 aliphatic carbocycles. The normalized spacial score (nSPS) is 30.1. The van der Waals surface area contributed by atoms with Crippen LogP contribution < -0.4 is 0 Å². The van der Waals surface area contributed by atoms with Crippen molar-refractivity contribution in [2.75, 3.05) is 0 Å². The average Bonchev–Trinajstić information content (AvgIpc) is 3.03. The van der Waals surface area contributed by atoms with Gasteiger partial charge in [-0.15, -0.1) is 0 Å². The number of halogens is 1. The van der Waals surface area contributed by atoms with Crippen molar-refractivity contribution in [2.24, 2.45) is 11.8 Å². The minimum absolute atomic E-state index is 0.458. The molecule has 1 nitrogen and oxygen atoms in total. The first-order valence-electron chi connectivity index (χ1n) is 10.9. The molecule has 1 fully saturated rings. The highest BCUT2D eigenvalue weighted by molar-refractivity contribution is 14.1. The Hall–Kier alpha value is -1.29. The summed E-state index contributed by atoms with van der Waals surface area (Å²) in [6.07, 6.45) is 17.3. The molecular formula is C26H30IN. The summed E-state index contributed by atoms with van der Waals surface area (Å²) >= 11 is 2.65. The summed E-state index contributed by atoms with van der Waals surface area (Å²) in [6, 6.07) is 9.44. The molecular weight excluding hydrogens is 453 g/mol. The van der Waals surface area contributed by atoms with Crippen molar-refractivity contribution in [1.82, 2.24) is 4.57 Å². The maximum Gasteiger partial charge on any atom is 0.0559 e. The predicted molar refractivity (Wildman–Crippen MR) is 129 cm³/mol. The monoisotopic (exact) mass is 483 g/mol. The summed E-state index contributed by atoms with van der Waals surface area (Å²) in [4.78, 5) is 0. The van der Waals surface area contributed by atoms with Crippen molar-refractivity contribution in [3.8, 4) is 0 Å². The van der Waals surface area contributed by atoms with E-state index in [4.69, 9.17) is 0 Å². The van der Waals surface area contributed by atoms with Gasteiger partial charge >= 0.3 is 0 Å². The molecule has 0 bridgehead atoms. The van der Waals surface area contributed by atoms with Crippen molar-refractivity contribution in [3.63, 3.8) is 0 Å². The van der Waals surface area contributed by atoms with Crippen LogP contribution in [-0.2, 0) is 6.42 Å². The van der Waals surface area contributed by atoms with Gasteiger partial charge in [0.05, 0.1) is 6.04 Å². The molecule has 5 rings (SSSR count). The third-order valence-corrected chi connectivity index (χ3v) is 8.36. The Bertz CT molecular complexity index is 989. The van der Waals surface area contributed by atoms with Crippen LogP contribution in [0.2, 0.25) is 0 Å². The molecule has 0 saturated heterocycles. The molecule has 1 saturated carbocycles. The second-order valence-electron chi connectivity index (χ2n) is 9.05. The van der Waals surface area contributed by atoms with Gasteiger partial charge in [-0.25, -0.2) is 0 Å². The zero-order valence-electron chi connectivity index (χ0n) is 17.0. The number of nitrogens with zero attached hydrogens (tertiary/aromatic N) is 1. The fourth-order valence-electron chi connectivity index (χ4n) is 5.85. The van der Waals surface area contributed by atoms with Crippen molar-refractivity contribution < 1.29 is 0 Å². The second kappa shape index (κ2) is 7.51. The van der Waals surface area contributed by atoms with E-state index in [0.717, 1.165) is 35.0 Å². The summed E-state index contributed by atoms with van der Waals surface area (Å²) in [6.45, 7) is 4.87. The van der Waals surface area contributed by atoms with Crippen molar-refractivity contribution >= 4 is 39.6 Å². The Morgan fingerprint density at radius 1 is 1.11 bits per heavy atom. The number of fused-ring (bicyclic) bond motifs is 3. The Kier molecular flexibility index (Phi) is 5.02. The Labute approximate surface area is 182 Å². The molecule has 4 atom stereocenters. The fraction of sp³-hybridized carbons (Fsp3) is 0.462. The van der Waals surface area contributed by atoms with Gasteiger partial charge in [0.1, 0.15) is 0 Å². The Balaban J connectivity index is 1.50. The third kappa shape index (κ3) is 3.12. The maximum absolute atomic E-state index is 2.65. The second-order valence-corrected chi connectivity index (χ2v) is 10.8. The van der Waals surface area contributed by atoms with Gasteiger partial charge in [0.2, 0.25) is 0 Å². The van der Waals surface area contributed by atoms with Gasteiger partial charge in [-0.2, -0.15) is 0 Å². The molecule has 0 aliphatic heterocycles. The van der Waals surface area contributed by atoms with E-state index in [0.29, 0.717) is 6.04 Å². The summed E-state index contributed by atoms with van der Waals surface area (Å²) in [5.74, 6) is 1.58. The van der Waals surface area contributed by atoms with E-state index in [1.54, 1.807) is 11.1 Å². The number of rotatable bonds is 2. The van der Waals surface area contributed by atoms with Crippen LogP contribution in [-0.4, -0.2) is 8.49 Å². The lowest BCUT2D eigenvalue weighted by molar-refractivity contribution is 0.306. The zero-order valence-corrected chi connectivity index (χ0v) is 19.2. The van der Waals surface area contributed by atoms with Gasteiger partial charge in [-0.3, -0.25) is 0 Å². The fourth-order valence-corrected chi connectivity index (χ4v) is 7.01. The predicted octanol–water partition coefficient (Wildman–Crippen LogP) is 7.66. The molecule has 1 aromatic heterocycles. The molecule has 1 aromatic carbocycles. The lowest BCUT2D eigenvalue weighted by Crippen LogP contribution is -2.26. The van der Waals surface area contributed by atoms with Crippen LogP contribution in [0.5, 0.6) is 0 Å². The van der Waals surface area contributed by atoms with Crippen LogP contribution in [0, 0.1) is 11.8 Å². The van der Waals surface area contributed by atoms with Gasteiger partial charge in [0.25, 0.3) is 0 Å². The van der Waals surface area contributed by atoms with Gasteiger partial charge < -0.3 is 4.57 Å². The summed E-state index contributed by atoms with van der Waals surface area (Å²) in [7, 11) is 0. The Morgan fingerprint density at radius 2 is 1.96 bits per heavy atom. The minimum Gasteiger partial charge on any atom is -0.337 e. The molecule has 0 spiro atoms. The smallest absolute Gasteiger partial charge is 0.0559 e. The lowest BCUT2D eigenvalue weighted by Gasteiger charge is -2.36. The SMILES string of the molecule is CC1=C(C2CCC(I)CC2C)C=CC(n2c3c(c4ccccc42)C=CCC3)C1. The van der Waals surface area contributed by atoms with Gasteiger partial charge in [0.15, 0.2) is 0 Å². The van der Waals surface area contributed by atoms with Crippen molar-refractivity contribution in [2.45, 2.75) is 62.3 Å². The number of benzene rings is 1. The minimum atomic E-state index is 0.458. The Morgan fingerprint density at radius 3 is 2.79 bits per heavy atom. The van der Waals surface area contributed by atoms with Crippen LogP contribution >= 0.6 is 22.6 Å². The number of para-hydroxylation sites is 1. The number of hydrogen-bond donors (Lipinski definition) is 0. The van der Waals surface area contributed by atoms with E-state index in [1.165, 1.54) is 41.4 Å². The zero-order chi connectivity index (χ0) is 19.3. The lowest BCUT2D eigenvalue weighted by atomic mass is 9.73. The number of allylic oxidation sites excluding steroid dienone is 5. The van der Waals surface area contributed by atoms with Crippen LogP contribution in [0.3, 0.4) is 0 Å². The first kappa shape index (κ1) is 18.7. The van der Waals surface area contributed by atoms with E-state index >= 15 is 0 Å². The van der Waals surface area contributed by atoms with E-state index in [-0.39, 0.29) is 0 Å². The van der Waals surface area contributed by atoms with E-state index in [1.807, 2.05) is 0 Å². The van der Waals surface area contributed by atoms with Crippen molar-refractivity contribution in [1.29, 1.82) is 0 Å². The highest BCUT2D eigenvalue weighted by Gasteiger charge is 2.31. The maximum atomic E-state index is 2.65. The number of hydrogen-bond acceptors (Lipinski definition) is 0. The van der Waals surface area contributed by atoms with Gasteiger partial charge in [0, 0.05) is 26.1 Å². The summed E-state index contributed by atoms with van der Waals surface area (Å²) < 4.78 is 3.52. The van der Waals surface area contributed by atoms with Crippen molar-refractivity contribution in [3.05, 3.63) is 64.9 Å². The largest absolute Gasteiger partial charge is 0.337 e. The standard InChI is InChI=1S/C26H30IN/c1-17-15-19(27)11-13-21(17)22-14-12-20(16-18(22)2)28-25-9-5-3-7-23(25)24-8-4-6-10-26(24)28/h3-5,7-9,12,14,17,19-21H,6,10-11,13,15-16H2,1-2H3. The summed E-state index contributed by atoms with van der Waals surface area (Å²) in [5.41, 5.74) is 7.67. The highest BCUT2D eigenvalue weighted by atomic mass is 127. The molecule has 28 heavy (non-hydrogen) atoms. The van der Waals surface area contributed by atoms with Crippen LogP contribution in [0.25, 0.3) is 17.0 Å². The van der Waals surface area contributed by atoms with Gasteiger partial charge in [-0.05, 0) is 68.9 Å². The average molecular weight is 483 g/mol. The number of alkyl halides is 1. The molecule has 0 amide bonds. The molecule has 0 radical (unpaired) electrons. The molecule has 3 aliphatic rings. The topological polar surface area (TPSA) is 4.93 Å². The van der Waals surface area contributed by atoms with E-state index in [9.17, 15) is 0 Å². The van der Waals surface area contributed by atoms with Crippen LogP contribution in [0.4, 0.5) is 0 Å². The van der Waals surface area contributed by atoms with E-state index < -0.39 is 0 Å². The molecule has 146 valence electrons. The first-order chi connectivity index (χ1) is 13.6. The molecule has 4 unspecified atom stereocenters. The molecule has 1 heterocycles.